The van der Waals surface area contributed by atoms with Gasteiger partial charge in [0, 0.05) is 0 Å². The smallest absolute Gasteiger partial charge is 0.335 e. The molecule has 7 nitrogen and oxygen atoms in total. The van der Waals surface area contributed by atoms with Gasteiger partial charge in [-0.1, -0.05) is 12.2 Å². The lowest BCUT2D eigenvalue weighted by Crippen LogP contribution is -2.43. The Morgan fingerprint density at radius 3 is 2.38 bits per heavy atom. The number of carboxylic acid groups (broad SMARTS) is 1. The molecule has 3 aliphatic heterocycles. The Morgan fingerprint density at radius 1 is 1.17 bits per heavy atom. The predicted molar refractivity (Wildman–Crippen MR) is 81.3 cm³/mol. The summed E-state index contributed by atoms with van der Waals surface area (Å²) in [7, 11) is 0. The summed E-state index contributed by atoms with van der Waals surface area (Å²) in [4.78, 5) is 37.7. The van der Waals surface area contributed by atoms with Gasteiger partial charge in [0.15, 0.2) is 0 Å². The van der Waals surface area contributed by atoms with Gasteiger partial charge in [0.05, 0.1) is 35.3 Å². The van der Waals surface area contributed by atoms with E-state index in [2.05, 4.69) is 0 Å². The van der Waals surface area contributed by atoms with E-state index in [1.165, 1.54) is 24.3 Å². The number of carbonyl (C=O) groups excluding carboxylic acids is 2. The van der Waals surface area contributed by atoms with Crippen LogP contribution in [0.15, 0.2) is 36.4 Å². The summed E-state index contributed by atoms with van der Waals surface area (Å²) in [6, 6.07) is 5.56. The first-order valence-corrected chi connectivity index (χ1v) is 7.55. The lowest BCUT2D eigenvalue weighted by molar-refractivity contribution is -0.131. The summed E-state index contributed by atoms with van der Waals surface area (Å²) >= 11 is 0. The highest BCUT2D eigenvalue weighted by Gasteiger charge is 2.72. The van der Waals surface area contributed by atoms with Crippen molar-refractivity contribution in [3.63, 3.8) is 0 Å². The summed E-state index contributed by atoms with van der Waals surface area (Å²) in [6.45, 7) is 1.35. The topological polar surface area (TPSA) is 104 Å². The van der Waals surface area contributed by atoms with E-state index in [9.17, 15) is 19.5 Å². The maximum absolute atomic E-state index is 12.9. The molecule has 0 saturated carbocycles. The van der Waals surface area contributed by atoms with E-state index < -0.39 is 40.8 Å². The Kier molecular flexibility index (Phi) is 2.83. The number of benzene rings is 1. The molecule has 4 rings (SSSR count). The van der Waals surface area contributed by atoms with E-state index in [4.69, 9.17) is 9.84 Å². The number of fused-ring (bicyclic) bond motifs is 5. The molecular formula is C17H15NO6. The minimum absolute atomic E-state index is 0.0712. The third kappa shape index (κ3) is 1.65. The number of nitrogens with zero attached hydrogens (tertiary/aromatic N) is 1. The first kappa shape index (κ1) is 15.0. The third-order valence-electron chi connectivity index (χ3n) is 5.18. The van der Waals surface area contributed by atoms with Crippen LogP contribution in [-0.2, 0) is 14.3 Å². The van der Waals surface area contributed by atoms with Gasteiger partial charge < -0.3 is 14.9 Å². The molecule has 2 amide bonds. The van der Waals surface area contributed by atoms with Crippen LogP contribution in [0.2, 0.25) is 0 Å². The lowest BCUT2D eigenvalue weighted by atomic mass is 9.73. The first-order chi connectivity index (χ1) is 11.3. The molecule has 0 radical (unpaired) electrons. The fraction of sp³-hybridized carbons (Fsp3) is 0.353. The zero-order valence-corrected chi connectivity index (χ0v) is 12.8. The van der Waals surface area contributed by atoms with Crippen molar-refractivity contribution in [2.75, 3.05) is 11.5 Å². The van der Waals surface area contributed by atoms with Crippen molar-refractivity contribution in [1.82, 2.24) is 0 Å². The fourth-order valence-electron chi connectivity index (χ4n) is 4.05. The second-order valence-corrected chi connectivity index (χ2v) is 6.55. The Balaban J connectivity index is 1.75. The van der Waals surface area contributed by atoms with Gasteiger partial charge in [0.1, 0.15) is 5.60 Å². The Hall–Kier alpha value is -2.51. The number of amides is 2. The van der Waals surface area contributed by atoms with Crippen LogP contribution in [0.4, 0.5) is 5.69 Å². The number of hydrogen-bond donors (Lipinski definition) is 2. The number of ether oxygens (including phenoxy) is 1. The van der Waals surface area contributed by atoms with Crippen molar-refractivity contribution in [1.29, 1.82) is 0 Å². The molecule has 24 heavy (non-hydrogen) atoms. The van der Waals surface area contributed by atoms with Gasteiger partial charge in [0.2, 0.25) is 11.8 Å². The molecular weight excluding hydrogens is 314 g/mol. The van der Waals surface area contributed by atoms with Crippen molar-refractivity contribution in [3.05, 3.63) is 42.0 Å². The SMILES string of the molecule is C[C@@]12C=C[C@@](CO)(O1)[C@H]1C(=O)N(c3ccc(C(=O)O)cc3)C(=O)[C@@H]12. The second kappa shape index (κ2) is 4.52. The number of carboxylic acids is 1. The van der Waals surface area contributed by atoms with Crippen molar-refractivity contribution in [2.24, 2.45) is 11.8 Å². The van der Waals surface area contributed by atoms with Gasteiger partial charge in [-0.2, -0.15) is 0 Å². The average Bonchev–Trinajstić information content (AvgIpc) is 3.14. The molecule has 2 N–H and O–H groups in total. The summed E-state index contributed by atoms with van der Waals surface area (Å²) < 4.78 is 5.83. The van der Waals surface area contributed by atoms with Crippen LogP contribution in [-0.4, -0.2) is 45.8 Å². The van der Waals surface area contributed by atoms with Crippen LogP contribution in [0.1, 0.15) is 17.3 Å². The van der Waals surface area contributed by atoms with Crippen molar-refractivity contribution >= 4 is 23.5 Å². The van der Waals surface area contributed by atoms with E-state index in [0.717, 1.165) is 4.90 Å². The van der Waals surface area contributed by atoms with Gasteiger partial charge >= 0.3 is 5.97 Å². The first-order valence-electron chi connectivity index (χ1n) is 7.55. The minimum Gasteiger partial charge on any atom is -0.478 e. The number of anilines is 1. The number of carbonyl (C=O) groups is 3. The Labute approximate surface area is 137 Å². The average molecular weight is 329 g/mol. The number of aliphatic hydroxyl groups excluding tert-OH is 1. The molecule has 0 unspecified atom stereocenters. The van der Waals surface area contributed by atoms with Gasteiger partial charge in [0.25, 0.3) is 0 Å². The van der Waals surface area contributed by atoms with Gasteiger partial charge in [-0.05, 0) is 31.2 Å². The molecule has 2 fully saturated rings. The van der Waals surface area contributed by atoms with Crippen molar-refractivity contribution < 1.29 is 29.3 Å². The Morgan fingerprint density at radius 2 is 1.79 bits per heavy atom. The van der Waals surface area contributed by atoms with Gasteiger partial charge in [-0.3, -0.25) is 9.59 Å². The number of aliphatic hydroxyl groups is 1. The highest BCUT2D eigenvalue weighted by molar-refractivity contribution is 6.23. The normalized spacial score (nSPS) is 36.5. The summed E-state index contributed by atoms with van der Waals surface area (Å²) in [6.07, 6.45) is 3.39. The molecule has 1 aromatic rings. The van der Waals surface area contributed by atoms with E-state index in [0.29, 0.717) is 5.69 Å². The van der Waals surface area contributed by atoms with E-state index >= 15 is 0 Å². The summed E-state index contributed by atoms with van der Waals surface area (Å²) in [5, 5.41) is 18.7. The Bertz CT molecular complexity index is 800. The quantitative estimate of drug-likeness (QED) is 0.621. The van der Waals surface area contributed by atoms with E-state index in [-0.39, 0.29) is 12.2 Å². The third-order valence-corrected chi connectivity index (χ3v) is 5.18. The molecule has 0 aromatic heterocycles. The molecule has 0 spiro atoms. The molecule has 7 heteroatoms. The van der Waals surface area contributed by atoms with Gasteiger partial charge in [-0.25, -0.2) is 9.69 Å². The van der Waals surface area contributed by atoms with Crippen LogP contribution in [0.3, 0.4) is 0 Å². The molecule has 2 saturated heterocycles. The van der Waals surface area contributed by atoms with Crippen LogP contribution in [0.25, 0.3) is 0 Å². The molecule has 124 valence electrons. The zero-order valence-electron chi connectivity index (χ0n) is 12.8. The van der Waals surface area contributed by atoms with Crippen molar-refractivity contribution in [3.8, 4) is 0 Å². The van der Waals surface area contributed by atoms with Gasteiger partial charge in [-0.15, -0.1) is 0 Å². The van der Waals surface area contributed by atoms with Crippen LogP contribution in [0, 0.1) is 11.8 Å². The summed E-state index contributed by atoms with van der Waals surface area (Å²) in [5.74, 6) is -3.38. The number of rotatable bonds is 3. The highest BCUT2D eigenvalue weighted by atomic mass is 16.5. The fourth-order valence-corrected chi connectivity index (χ4v) is 4.05. The second-order valence-electron chi connectivity index (χ2n) is 6.55. The number of hydrogen-bond acceptors (Lipinski definition) is 5. The molecule has 3 heterocycles. The summed E-state index contributed by atoms with van der Waals surface area (Å²) in [5.41, 5.74) is -1.69. The van der Waals surface area contributed by atoms with Crippen LogP contribution < -0.4 is 4.90 Å². The minimum atomic E-state index is -1.16. The van der Waals surface area contributed by atoms with Crippen molar-refractivity contribution in [2.45, 2.75) is 18.1 Å². The monoisotopic (exact) mass is 329 g/mol. The van der Waals surface area contributed by atoms with Crippen LogP contribution in [0.5, 0.6) is 0 Å². The zero-order chi connectivity index (χ0) is 17.3. The maximum Gasteiger partial charge on any atom is 0.335 e. The molecule has 4 atom stereocenters. The molecule has 0 aliphatic carbocycles. The number of aromatic carboxylic acids is 1. The highest BCUT2D eigenvalue weighted by Crippen LogP contribution is 2.57. The molecule has 2 bridgehead atoms. The van der Waals surface area contributed by atoms with E-state index in [1.54, 1.807) is 19.1 Å². The van der Waals surface area contributed by atoms with E-state index in [1.807, 2.05) is 0 Å². The molecule has 1 aromatic carbocycles. The predicted octanol–water partition coefficient (Wildman–Crippen LogP) is 0.580. The lowest BCUT2D eigenvalue weighted by Gasteiger charge is -2.26. The standard InChI is InChI=1S/C17H15NO6/c1-16-6-7-17(8-19,24-16)12-11(16)13(20)18(14(12)21)10-4-2-9(3-5-10)15(22)23/h2-7,11-12,19H,8H2,1H3,(H,22,23)/t11-,12-,16+,17+/m1/s1. The maximum atomic E-state index is 12.9. The number of imide groups is 1. The largest absolute Gasteiger partial charge is 0.478 e. The van der Waals surface area contributed by atoms with Crippen LogP contribution >= 0.6 is 0 Å². The molecule has 3 aliphatic rings.